The van der Waals surface area contributed by atoms with Crippen molar-refractivity contribution in [2.45, 2.75) is 4.90 Å². The topological polar surface area (TPSA) is 83.2 Å². The molecule has 0 atom stereocenters. The first kappa shape index (κ1) is 19.3. The number of benzene rings is 2. The molecule has 2 aromatic carbocycles. The second-order valence-corrected chi connectivity index (χ2v) is 8.05. The van der Waals surface area contributed by atoms with E-state index in [1.54, 1.807) is 38.4 Å². The SMILES string of the molecule is CN(C)C=C(C#N)C(=O)c1cc2cc(F)ccc2n1S(=O)(=O)c1ccccc1. The number of halogens is 1. The van der Waals surface area contributed by atoms with Gasteiger partial charge in [0.25, 0.3) is 10.0 Å². The van der Waals surface area contributed by atoms with Crippen molar-refractivity contribution in [3.63, 3.8) is 0 Å². The van der Waals surface area contributed by atoms with Gasteiger partial charge < -0.3 is 4.90 Å². The van der Waals surface area contributed by atoms with Crippen LogP contribution in [-0.2, 0) is 10.0 Å². The van der Waals surface area contributed by atoms with E-state index in [9.17, 15) is 22.9 Å². The molecule has 8 heteroatoms. The van der Waals surface area contributed by atoms with Crippen LogP contribution in [0.2, 0.25) is 0 Å². The molecule has 0 fully saturated rings. The molecule has 3 aromatic rings. The Balaban J connectivity index is 2.34. The number of aromatic nitrogens is 1. The molecule has 0 saturated heterocycles. The van der Waals surface area contributed by atoms with Crippen molar-refractivity contribution >= 4 is 26.7 Å². The highest BCUT2D eigenvalue weighted by Crippen LogP contribution is 2.28. The summed E-state index contributed by atoms with van der Waals surface area (Å²) < 4.78 is 41.1. The molecular weight excluding hydrogens is 381 g/mol. The van der Waals surface area contributed by atoms with E-state index in [4.69, 9.17) is 0 Å². The lowest BCUT2D eigenvalue weighted by atomic mass is 10.1. The van der Waals surface area contributed by atoms with Crippen molar-refractivity contribution in [3.8, 4) is 6.07 Å². The van der Waals surface area contributed by atoms with Crippen molar-refractivity contribution in [1.82, 2.24) is 8.87 Å². The van der Waals surface area contributed by atoms with Crippen LogP contribution >= 0.6 is 0 Å². The Labute approximate surface area is 161 Å². The number of ketones is 1. The number of nitriles is 1. The molecule has 6 nitrogen and oxygen atoms in total. The predicted octanol–water partition coefficient (Wildman–Crippen LogP) is 3.17. The Morgan fingerprint density at radius 1 is 1.14 bits per heavy atom. The monoisotopic (exact) mass is 397 g/mol. The summed E-state index contributed by atoms with van der Waals surface area (Å²) in [6.07, 6.45) is 1.31. The maximum atomic E-state index is 13.7. The second-order valence-electron chi connectivity index (χ2n) is 6.26. The third kappa shape index (κ3) is 3.40. The van der Waals surface area contributed by atoms with Gasteiger partial charge in [0, 0.05) is 25.7 Å². The van der Waals surface area contributed by atoms with Crippen molar-refractivity contribution in [3.05, 3.63) is 77.9 Å². The fourth-order valence-electron chi connectivity index (χ4n) is 2.81. The van der Waals surface area contributed by atoms with Gasteiger partial charge in [-0.25, -0.2) is 16.8 Å². The van der Waals surface area contributed by atoms with E-state index >= 15 is 0 Å². The van der Waals surface area contributed by atoms with E-state index in [1.165, 1.54) is 35.4 Å². The molecule has 0 N–H and O–H groups in total. The van der Waals surface area contributed by atoms with E-state index < -0.39 is 21.6 Å². The van der Waals surface area contributed by atoms with E-state index in [-0.39, 0.29) is 27.1 Å². The lowest BCUT2D eigenvalue weighted by Crippen LogP contribution is -2.20. The normalized spacial score (nSPS) is 12.0. The summed E-state index contributed by atoms with van der Waals surface area (Å²) in [5.74, 6) is -1.34. The third-order valence-electron chi connectivity index (χ3n) is 3.99. The average Bonchev–Trinajstić information content (AvgIpc) is 3.05. The number of carbonyl (C=O) groups is 1. The molecular formula is C20H16FN3O3S. The smallest absolute Gasteiger partial charge is 0.268 e. The first-order chi connectivity index (χ1) is 13.3. The summed E-state index contributed by atoms with van der Waals surface area (Å²) in [6.45, 7) is 0. The highest BCUT2D eigenvalue weighted by Gasteiger charge is 2.28. The summed E-state index contributed by atoms with van der Waals surface area (Å²) in [7, 11) is -0.887. The van der Waals surface area contributed by atoms with Gasteiger partial charge in [0.05, 0.1) is 10.4 Å². The average molecular weight is 397 g/mol. The molecule has 0 unspecified atom stereocenters. The van der Waals surface area contributed by atoms with Crippen LogP contribution in [0.5, 0.6) is 0 Å². The number of allylic oxidation sites excluding steroid dienone is 1. The van der Waals surface area contributed by atoms with Gasteiger partial charge in [-0.2, -0.15) is 5.26 Å². The van der Waals surface area contributed by atoms with Crippen LogP contribution in [0.4, 0.5) is 4.39 Å². The summed E-state index contributed by atoms with van der Waals surface area (Å²) in [6, 6.07) is 14.2. The fraction of sp³-hybridized carbons (Fsp3) is 0.100. The van der Waals surface area contributed by atoms with E-state index in [0.29, 0.717) is 0 Å². The highest BCUT2D eigenvalue weighted by molar-refractivity contribution is 7.90. The molecule has 0 radical (unpaired) electrons. The number of hydrogen-bond donors (Lipinski definition) is 0. The Bertz CT molecular complexity index is 1240. The van der Waals surface area contributed by atoms with Gasteiger partial charge in [0.15, 0.2) is 0 Å². The zero-order chi connectivity index (χ0) is 20.5. The lowest BCUT2D eigenvalue weighted by Gasteiger charge is -2.12. The van der Waals surface area contributed by atoms with Crippen LogP contribution in [0.25, 0.3) is 10.9 Å². The van der Waals surface area contributed by atoms with Crippen molar-refractivity contribution in [2.24, 2.45) is 0 Å². The molecule has 0 bridgehead atoms. The minimum Gasteiger partial charge on any atom is -0.382 e. The minimum absolute atomic E-state index is 0.0269. The summed E-state index contributed by atoms with van der Waals surface area (Å²) in [4.78, 5) is 14.5. The molecule has 142 valence electrons. The van der Waals surface area contributed by atoms with Crippen LogP contribution in [0.3, 0.4) is 0 Å². The fourth-order valence-corrected chi connectivity index (χ4v) is 4.34. The zero-order valence-corrected chi connectivity index (χ0v) is 15.9. The van der Waals surface area contributed by atoms with E-state index in [2.05, 4.69) is 0 Å². The minimum atomic E-state index is -4.16. The second kappa shape index (κ2) is 7.29. The van der Waals surface area contributed by atoms with Gasteiger partial charge in [-0.3, -0.25) is 4.79 Å². The first-order valence-electron chi connectivity index (χ1n) is 8.20. The van der Waals surface area contributed by atoms with E-state index in [1.807, 2.05) is 0 Å². The number of Topliss-reactive ketones (excluding diaryl/α,β-unsaturated/α-hetero) is 1. The molecule has 0 amide bonds. The Morgan fingerprint density at radius 3 is 2.43 bits per heavy atom. The van der Waals surface area contributed by atoms with Gasteiger partial charge in [-0.1, -0.05) is 18.2 Å². The molecule has 1 aromatic heterocycles. The molecule has 1 heterocycles. The number of nitrogens with zero attached hydrogens (tertiary/aromatic N) is 3. The summed E-state index contributed by atoms with van der Waals surface area (Å²) in [5, 5.41) is 9.59. The summed E-state index contributed by atoms with van der Waals surface area (Å²) >= 11 is 0. The molecule has 0 saturated carbocycles. The Kier molecular flexibility index (Phi) is 5.03. The maximum Gasteiger partial charge on any atom is 0.268 e. The highest BCUT2D eigenvalue weighted by atomic mass is 32.2. The van der Waals surface area contributed by atoms with Crippen LogP contribution in [0, 0.1) is 17.1 Å². The standard InChI is InChI=1S/C20H16FN3O3S/c1-23(2)13-15(12-22)20(25)19-11-14-10-16(21)8-9-18(14)24(19)28(26,27)17-6-4-3-5-7-17/h3-11,13H,1-2H3. The number of fused-ring (bicyclic) bond motifs is 1. The van der Waals surface area contributed by atoms with Crippen LogP contribution in [-0.4, -0.2) is 37.2 Å². The van der Waals surface area contributed by atoms with Gasteiger partial charge in [0.2, 0.25) is 5.78 Å². The van der Waals surface area contributed by atoms with Crippen LogP contribution in [0.15, 0.2) is 71.3 Å². The van der Waals surface area contributed by atoms with Crippen molar-refractivity contribution in [1.29, 1.82) is 5.26 Å². The Morgan fingerprint density at radius 2 is 1.82 bits per heavy atom. The number of carbonyl (C=O) groups excluding carboxylic acids is 1. The molecule has 0 aliphatic heterocycles. The predicted molar refractivity (Wildman–Crippen MR) is 103 cm³/mol. The zero-order valence-electron chi connectivity index (χ0n) is 15.1. The van der Waals surface area contributed by atoms with Gasteiger partial charge in [-0.05, 0) is 36.4 Å². The third-order valence-corrected chi connectivity index (χ3v) is 5.73. The quantitative estimate of drug-likeness (QED) is 0.375. The van der Waals surface area contributed by atoms with Crippen molar-refractivity contribution in [2.75, 3.05) is 14.1 Å². The molecule has 28 heavy (non-hydrogen) atoms. The number of hydrogen-bond acceptors (Lipinski definition) is 5. The summed E-state index contributed by atoms with van der Waals surface area (Å²) in [5.41, 5.74) is -0.326. The molecule has 0 spiro atoms. The first-order valence-corrected chi connectivity index (χ1v) is 9.64. The van der Waals surface area contributed by atoms with Crippen molar-refractivity contribution < 1.29 is 17.6 Å². The lowest BCUT2D eigenvalue weighted by molar-refractivity contribution is 0.103. The van der Waals surface area contributed by atoms with Crippen LogP contribution in [0.1, 0.15) is 10.5 Å². The van der Waals surface area contributed by atoms with Gasteiger partial charge in [0.1, 0.15) is 23.2 Å². The molecule has 0 aliphatic rings. The largest absolute Gasteiger partial charge is 0.382 e. The molecule has 0 aliphatic carbocycles. The van der Waals surface area contributed by atoms with E-state index in [0.717, 1.165) is 16.1 Å². The van der Waals surface area contributed by atoms with Crippen LogP contribution < -0.4 is 0 Å². The van der Waals surface area contributed by atoms with Gasteiger partial charge in [-0.15, -0.1) is 0 Å². The maximum absolute atomic E-state index is 13.7. The van der Waals surface area contributed by atoms with Gasteiger partial charge >= 0.3 is 0 Å². The Hall–Kier alpha value is -3.44. The molecule has 3 rings (SSSR count). The number of rotatable bonds is 5.